The van der Waals surface area contributed by atoms with Crippen LogP contribution in [0.5, 0.6) is 0 Å². The third kappa shape index (κ3) is 1.91. The fourth-order valence-corrected chi connectivity index (χ4v) is 3.71. The van der Waals surface area contributed by atoms with Gasteiger partial charge in [-0.3, -0.25) is 0 Å². The Morgan fingerprint density at radius 1 is 0.533 bits per heavy atom. The van der Waals surface area contributed by atoms with Crippen molar-refractivity contribution < 1.29 is 5.48 Å². The molecule has 0 saturated carbocycles. The van der Waals surface area contributed by atoms with Gasteiger partial charge in [-0.05, 0) is 24.3 Å². The lowest BCUT2D eigenvalue weighted by molar-refractivity contribution is 0.824. The van der Waals surface area contributed by atoms with Crippen molar-refractivity contribution in [3.05, 3.63) is 48.5 Å². The molecule has 1 heterocycles. The van der Waals surface area contributed by atoms with Crippen molar-refractivity contribution in [2.75, 3.05) is 0 Å². The van der Waals surface area contributed by atoms with E-state index in [1.807, 2.05) is 23.5 Å². The second-order valence-electron chi connectivity index (χ2n) is 3.10. The zero-order valence-corrected chi connectivity index (χ0v) is 9.57. The standard InChI is InChI=1S/C12H8S2.H2O/c1-2-6-10-9(5-1)13-11-7-3-4-8-12(11)14-10;/h1-8H;1H2. The Bertz CT molecular complexity index is 395. The smallest absolute Gasteiger partial charge is 0.0262 e. The van der Waals surface area contributed by atoms with E-state index in [2.05, 4.69) is 48.5 Å². The molecular weight excluding hydrogens is 224 g/mol. The Morgan fingerprint density at radius 3 is 1.07 bits per heavy atom. The molecule has 1 nitrogen and oxygen atoms in total. The molecule has 3 rings (SSSR count). The van der Waals surface area contributed by atoms with Crippen LogP contribution in [0.1, 0.15) is 0 Å². The van der Waals surface area contributed by atoms with Gasteiger partial charge in [0.1, 0.15) is 0 Å². The maximum atomic E-state index is 2.18. The summed E-state index contributed by atoms with van der Waals surface area (Å²) in [5.74, 6) is 0. The molecule has 2 aromatic carbocycles. The van der Waals surface area contributed by atoms with Crippen LogP contribution in [0, 0.1) is 0 Å². The minimum atomic E-state index is 0. The van der Waals surface area contributed by atoms with Crippen molar-refractivity contribution in [2.45, 2.75) is 19.6 Å². The van der Waals surface area contributed by atoms with Gasteiger partial charge >= 0.3 is 0 Å². The Labute approximate surface area is 97.2 Å². The highest BCUT2D eigenvalue weighted by molar-refractivity contribution is 8.05. The summed E-state index contributed by atoms with van der Waals surface area (Å²) in [6.07, 6.45) is 0. The van der Waals surface area contributed by atoms with E-state index < -0.39 is 0 Å². The number of hydrogen-bond acceptors (Lipinski definition) is 2. The first kappa shape index (κ1) is 10.6. The zero-order valence-electron chi connectivity index (χ0n) is 7.94. The molecule has 76 valence electrons. The van der Waals surface area contributed by atoms with E-state index in [9.17, 15) is 0 Å². The summed E-state index contributed by atoms with van der Waals surface area (Å²) in [5.41, 5.74) is 0. The van der Waals surface area contributed by atoms with Crippen molar-refractivity contribution >= 4 is 23.5 Å². The van der Waals surface area contributed by atoms with Crippen LogP contribution in [0.15, 0.2) is 68.1 Å². The summed E-state index contributed by atoms with van der Waals surface area (Å²) in [4.78, 5) is 5.49. The van der Waals surface area contributed by atoms with Gasteiger partial charge in [-0.2, -0.15) is 0 Å². The molecule has 0 radical (unpaired) electrons. The second-order valence-corrected chi connectivity index (χ2v) is 5.27. The zero-order chi connectivity index (χ0) is 9.38. The van der Waals surface area contributed by atoms with Crippen molar-refractivity contribution in [3.63, 3.8) is 0 Å². The van der Waals surface area contributed by atoms with Crippen LogP contribution in [0.3, 0.4) is 0 Å². The predicted molar refractivity (Wildman–Crippen MR) is 64.7 cm³/mol. The first-order chi connectivity index (χ1) is 6.93. The van der Waals surface area contributed by atoms with E-state index in [4.69, 9.17) is 0 Å². The van der Waals surface area contributed by atoms with E-state index in [1.54, 1.807) is 0 Å². The van der Waals surface area contributed by atoms with Crippen LogP contribution < -0.4 is 0 Å². The number of hydrogen-bond donors (Lipinski definition) is 0. The van der Waals surface area contributed by atoms with Gasteiger partial charge in [0.15, 0.2) is 0 Å². The molecule has 0 atom stereocenters. The van der Waals surface area contributed by atoms with Crippen LogP contribution >= 0.6 is 23.5 Å². The van der Waals surface area contributed by atoms with Gasteiger partial charge < -0.3 is 5.48 Å². The van der Waals surface area contributed by atoms with Gasteiger partial charge in [-0.15, -0.1) is 0 Å². The van der Waals surface area contributed by atoms with E-state index in [0.29, 0.717) is 0 Å². The maximum Gasteiger partial charge on any atom is 0.0262 e. The van der Waals surface area contributed by atoms with Gasteiger partial charge in [0.2, 0.25) is 0 Å². The minimum absolute atomic E-state index is 0. The number of fused-ring (bicyclic) bond motifs is 2. The molecule has 0 spiro atoms. The molecule has 0 fully saturated rings. The Morgan fingerprint density at radius 2 is 0.800 bits per heavy atom. The first-order valence-electron chi connectivity index (χ1n) is 4.47. The topological polar surface area (TPSA) is 31.5 Å². The van der Waals surface area contributed by atoms with Crippen LogP contribution in [-0.2, 0) is 0 Å². The van der Waals surface area contributed by atoms with Crippen molar-refractivity contribution in [2.24, 2.45) is 0 Å². The monoisotopic (exact) mass is 234 g/mol. The molecule has 0 amide bonds. The van der Waals surface area contributed by atoms with Crippen molar-refractivity contribution in [1.29, 1.82) is 0 Å². The van der Waals surface area contributed by atoms with E-state index in [0.717, 1.165) is 0 Å². The first-order valence-corrected chi connectivity index (χ1v) is 6.10. The highest BCUT2D eigenvalue weighted by Crippen LogP contribution is 2.47. The molecule has 0 aliphatic carbocycles. The van der Waals surface area contributed by atoms with Gasteiger partial charge in [-0.1, -0.05) is 47.8 Å². The Balaban J connectivity index is 0.000000853. The summed E-state index contributed by atoms with van der Waals surface area (Å²) in [7, 11) is 0. The third-order valence-electron chi connectivity index (χ3n) is 2.14. The quantitative estimate of drug-likeness (QED) is 0.596. The summed E-state index contributed by atoms with van der Waals surface area (Å²) in [5, 5.41) is 0. The van der Waals surface area contributed by atoms with Crippen LogP contribution in [-0.4, -0.2) is 5.48 Å². The minimum Gasteiger partial charge on any atom is -0.412 e. The molecule has 2 aromatic rings. The largest absolute Gasteiger partial charge is 0.412 e. The molecular formula is C12H10OS2. The molecule has 0 saturated heterocycles. The van der Waals surface area contributed by atoms with Gasteiger partial charge in [0.25, 0.3) is 0 Å². The third-order valence-corrected chi connectivity index (χ3v) is 4.70. The summed E-state index contributed by atoms with van der Waals surface area (Å²) >= 11 is 3.72. The van der Waals surface area contributed by atoms with E-state index in [-0.39, 0.29) is 5.48 Å². The summed E-state index contributed by atoms with van der Waals surface area (Å²) in [6, 6.07) is 17.1. The van der Waals surface area contributed by atoms with E-state index in [1.165, 1.54) is 19.6 Å². The Hall–Kier alpha value is -0.900. The molecule has 1 aliphatic heterocycles. The lowest BCUT2D eigenvalue weighted by Gasteiger charge is -2.17. The predicted octanol–water partition coefficient (Wildman–Crippen LogP) is 3.48. The SMILES string of the molecule is O.c1ccc2c(c1)Sc1ccccc1S2. The number of rotatable bonds is 0. The fourth-order valence-electron chi connectivity index (χ4n) is 1.47. The van der Waals surface area contributed by atoms with Crippen molar-refractivity contribution in [1.82, 2.24) is 0 Å². The van der Waals surface area contributed by atoms with Crippen LogP contribution in [0.4, 0.5) is 0 Å². The molecule has 0 bridgehead atoms. The molecule has 0 aromatic heterocycles. The Kier molecular flexibility index (Phi) is 3.05. The fraction of sp³-hybridized carbons (Fsp3) is 0. The summed E-state index contributed by atoms with van der Waals surface area (Å²) < 4.78 is 0. The lowest BCUT2D eigenvalue weighted by atomic mass is 10.3. The highest BCUT2D eigenvalue weighted by atomic mass is 32.2. The van der Waals surface area contributed by atoms with Gasteiger partial charge in [0.05, 0.1) is 0 Å². The van der Waals surface area contributed by atoms with E-state index >= 15 is 0 Å². The molecule has 2 N–H and O–H groups in total. The molecule has 3 heteroatoms. The van der Waals surface area contributed by atoms with Crippen LogP contribution in [0.25, 0.3) is 0 Å². The molecule has 1 aliphatic rings. The average molecular weight is 234 g/mol. The van der Waals surface area contributed by atoms with Crippen LogP contribution in [0.2, 0.25) is 0 Å². The lowest BCUT2D eigenvalue weighted by Crippen LogP contribution is -1.87. The molecule has 15 heavy (non-hydrogen) atoms. The average Bonchev–Trinajstić information content (AvgIpc) is 2.26. The maximum absolute atomic E-state index is 2.18. The highest BCUT2D eigenvalue weighted by Gasteiger charge is 2.14. The van der Waals surface area contributed by atoms with Crippen molar-refractivity contribution in [3.8, 4) is 0 Å². The van der Waals surface area contributed by atoms with Gasteiger partial charge in [0, 0.05) is 19.6 Å². The second kappa shape index (κ2) is 4.31. The normalized spacial score (nSPS) is 12.3. The van der Waals surface area contributed by atoms with Gasteiger partial charge in [-0.25, -0.2) is 0 Å². The number of benzene rings is 2. The molecule has 0 unspecified atom stereocenters. The summed E-state index contributed by atoms with van der Waals surface area (Å²) in [6.45, 7) is 0.